The van der Waals surface area contributed by atoms with Crippen molar-refractivity contribution in [3.8, 4) is 0 Å². The topological polar surface area (TPSA) is 131 Å². The number of ether oxygens (including phenoxy) is 1. The molecule has 2 heterocycles. The average molecular weight is 289 g/mol. The fraction of sp³-hybridized carbons (Fsp3) is 0.636. The molecule has 0 saturated carbocycles. The fourth-order valence-corrected chi connectivity index (χ4v) is 2.17. The Labute approximate surface area is 113 Å². The Hall–Kier alpha value is -1.55. The highest BCUT2D eigenvalue weighted by Crippen LogP contribution is 2.38. The molecular weight excluding hydrogens is 273 g/mol. The monoisotopic (exact) mass is 289 g/mol. The quantitative estimate of drug-likeness (QED) is 0.510. The Morgan fingerprint density at radius 1 is 1.65 bits per heavy atom. The van der Waals surface area contributed by atoms with E-state index in [1.807, 2.05) is 0 Å². The third-order valence-corrected chi connectivity index (χ3v) is 3.42. The van der Waals surface area contributed by atoms with Gasteiger partial charge in [-0.05, 0) is 6.92 Å². The van der Waals surface area contributed by atoms with Crippen LogP contribution in [0.15, 0.2) is 11.0 Å². The molecule has 1 fully saturated rings. The van der Waals surface area contributed by atoms with Crippen molar-refractivity contribution in [1.82, 2.24) is 9.55 Å². The van der Waals surface area contributed by atoms with Gasteiger partial charge in [-0.25, -0.2) is 9.18 Å². The van der Waals surface area contributed by atoms with Crippen LogP contribution < -0.4 is 11.4 Å². The van der Waals surface area contributed by atoms with Gasteiger partial charge in [0.05, 0.1) is 6.61 Å². The summed E-state index contributed by atoms with van der Waals surface area (Å²) in [5.74, 6) is 0.00675. The molecule has 8 nitrogen and oxygen atoms in total. The minimum absolute atomic E-state index is 0.00675. The maximum Gasteiger partial charge on any atom is 0.351 e. The largest absolute Gasteiger partial charge is 0.394 e. The van der Waals surface area contributed by atoms with Crippen molar-refractivity contribution in [2.75, 3.05) is 19.0 Å². The van der Waals surface area contributed by atoms with Crippen LogP contribution in [0.2, 0.25) is 0 Å². The molecule has 4 atom stereocenters. The van der Waals surface area contributed by atoms with E-state index in [2.05, 4.69) is 4.98 Å². The Bertz CT molecular complexity index is 565. The number of aliphatic hydroxyl groups excluding tert-OH is 2. The Morgan fingerprint density at radius 3 is 2.85 bits per heavy atom. The average Bonchev–Trinajstić information content (AvgIpc) is 2.67. The van der Waals surface area contributed by atoms with Crippen molar-refractivity contribution in [3.63, 3.8) is 0 Å². The summed E-state index contributed by atoms with van der Waals surface area (Å²) in [5.41, 5.74) is 2.71. The lowest BCUT2D eigenvalue weighted by Crippen LogP contribution is -2.50. The summed E-state index contributed by atoms with van der Waals surface area (Å²) in [6.45, 7) is -0.414. The number of anilines is 1. The van der Waals surface area contributed by atoms with Crippen molar-refractivity contribution in [3.05, 3.63) is 22.2 Å². The number of hydrogen-bond donors (Lipinski definition) is 4. The number of halogens is 1. The molecule has 0 aromatic carbocycles. The van der Waals surface area contributed by atoms with E-state index in [1.54, 1.807) is 6.92 Å². The number of nitrogens with two attached hydrogens (primary N) is 1. The van der Waals surface area contributed by atoms with E-state index < -0.39 is 43.0 Å². The molecule has 5 N–H and O–H groups in total. The first-order valence-corrected chi connectivity index (χ1v) is 5.93. The van der Waals surface area contributed by atoms with E-state index in [-0.39, 0.29) is 5.82 Å². The first kappa shape index (κ1) is 14.9. The van der Waals surface area contributed by atoms with Crippen LogP contribution in [-0.4, -0.2) is 56.0 Å². The summed E-state index contributed by atoms with van der Waals surface area (Å²) in [5, 5.41) is 29.1. The number of hydrogen-bond acceptors (Lipinski definition) is 7. The molecule has 20 heavy (non-hydrogen) atoms. The van der Waals surface area contributed by atoms with Crippen LogP contribution in [0.25, 0.3) is 0 Å². The highest BCUT2D eigenvalue weighted by atomic mass is 19.1. The maximum absolute atomic E-state index is 13.2. The van der Waals surface area contributed by atoms with E-state index in [4.69, 9.17) is 15.6 Å². The normalized spacial score (nSPS) is 33.5. The van der Waals surface area contributed by atoms with Gasteiger partial charge in [-0.15, -0.1) is 0 Å². The number of alkyl halides is 1. The lowest BCUT2D eigenvalue weighted by atomic mass is 9.95. The van der Waals surface area contributed by atoms with E-state index in [0.717, 1.165) is 4.57 Å². The molecular formula is C11H16FN3O5. The summed E-state index contributed by atoms with van der Waals surface area (Å²) in [6.07, 6.45) is -3.13. The lowest BCUT2D eigenvalue weighted by Gasteiger charge is -2.28. The molecule has 1 aromatic heterocycles. The van der Waals surface area contributed by atoms with Crippen molar-refractivity contribution in [1.29, 1.82) is 0 Å². The van der Waals surface area contributed by atoms with Crippen LogP contribution in [0.5, 0.6) is 0 Å². The molecule has 0 amide bonds. The van der Waals surface area contributed by atoms with Crippen LogP contribution in [0, 0.1) is 6.92 Å². The standard InChI is InChI=1S/C11H16FN3O5/c1-5-2-15(10(18)14-8(5)13)9-11(19,4-12)7(17)6(3-16)20-9/h2,6-7,9,16-17,19H,3-4H2,1H3,(H2,13,14,18)/t6?,7-,9?,11?/m0/s1. The SMILES string of the molecule is Cc1cn(C2OC(CO)[C@H](O)C2(O)CF)c(=O)nc1N. The van der Waals surface area contributed by atoms with Crippen LogP contribution in [-0.2, 0) is 4.74 Å². The number of nitrogens with zero attached hydrogens (tertiary/aromatic N) is 2. The summed E-state index contributed by atoms with van der Waals surface area (Å²) >= 11 is 0. The number of aromatic nitrogens is 2. The minimum atomic E-state index is -2.35. The molecule has 2 rings (SSSR count). The maximum atomic E-state index is 13.2. The van der Waals surface area contributed by atoms with Crippen LogP contribution in [0.4, 0.5) is 10.2 Å². The summed E-state index contributed by atoms with van der Waals surface area (Å²) in [4.78, 5) is 15.3. The van der Waals surface area contributed by atoms with Gasteiger partial charge in [0.15, 0.2) is 11.8 Å². The smallest absolute Gasteiger partial charge is 0.351 e. The summed E-state index contributed by atoms with van der Waals surface area (Å²) in [6, 6.07) is 0. The Morgan fingerprint density at radius 2 is 2.30 bits per heavy atom. The second kappa shape index (κ2) is 5.09. The first-order chi connectivity index (χ1) is 9.35. The number of nitrogen functional groups attached to an aromatic ring is 1. The number of aliphatic hydroxyl groups is 3. The van der Waals surface area contributed by atoms with E-state index in [1.165, 1.54) is 6.20 Å². The van der Waals surface area contributed by atoms with Gasteiger partial charge in [0, 0.05) is 11.8 Å². The van der Waals surface area contributed by atoms with Gasteiger partial charge in [-0.1, -0.05) is 0 Å². The van der Waals surface area contributed by atoms with Gasteiger partial charge in [-0.3, -0.25) is 4.57 Å². The highest BCUT2D eigenvalue weighted by Gasteiger charge is 2.56. The molecule has 1 aromatic rings. The molecule has 1 aliphatic rings. The van der Waals surface area contributed by atoms with Gasteiger partial charge < -0.3 is 25.8 Å². The molecule has 0 bridgehead atoms. The Balaban J connectivity index is 2.51. The van der Waals surface area contributed by atoms with Gasteiger partial charge in [0.2, 0.25) is 0 Å². The molecule has 0 aliphatic carbocycles. The van der Waals surface area contributed by atoms with E-state index in [0.29, 0.717) is 5.56 Å². The van der Waals surface area contributed by atoms with Crippen molar-refractivity contribution >= 4 is 5.82 Å². The zero-order valence-corrected chi connectivity index (χ0v) is 10.7. The second-order valence-electron chi connectivity index (χ2n) is 4.78. The van der Waals surface area contributed by atoms with Crippen LogP contribution in [0.1, 0.15) is 11.8 Å². The van der Waals surface area contributed by atoms with E-state index >= 15 is 0 Å². The predicted octanol–water partition coefficient (Wildman–Crippen LogP) is -1.91. The van der Waals surface area contributed by atoms with Crippen molar-refractivity contribution in [2.24, 2.45) is 0 Å². The third kappa shape index (κ3) is 2.08. The summed E-state index contributed by atoms with van der Waals surface area (Å²) in [7, 11) is 0. The van der Waals surface area contributed by atoms with Crippen LogP contribution >= 0.6 is 0 Å². The number of rotatable bonds is 3. The van der Waals surface area contributed by atoms with Gasteiger partial charge >= 0.3 is 5.69 Å². The van der Waals surface area contributed by atoms with Crippen molar-refractivity contribution < 1.29 is 24.4 Å². The second-order valence-corrected chi connectivity index (χ2v) is 4.78. The number of aryl methyl sites for hydroxylation is 1. The van der Waals surface area contributed by atoms with Crippen LogP contribution in [0.3, 0.4) is 0 Å². The molecule has 112 valence electrons. The van der Waals surface area contributed by atoms with Gasteiger partial charge in [0.1, 0.15) is 24.7 Å². The molecule has 9 heteroatoms. The summed E-state index contributed by atoms with van der Waals surface area (Å²) < 4.78 is 19.2. The fourth-order valence-electron chi connectivity index (χ4n) is 2.17. The van der Waals surface area contributed by atoms with Gasteiger partial charge in [0.25, 0.3) is 0 Å². The molecule has 0 radical (unpaired) electrons. The zero-order valence-electron chi connectivity index (χ0n) is 10.7. The molecule has 1 saturated heterocycles. The lowest BCUT2D eigenvalue weighted by molar-refractivity contribution is -0.121. The molecule has 1 aliphatic heterocycles. The highest BCUT2D eigenvalue weighted by molar-refractivity contribution is 5.35. The van der Waals surface area contributed by atoms with E-state index in [9.17, 15) is 19.4 Å². The van der Waals surface area contributed by atoms with Gasteiger partial charge in [-0.2, -0.15) is 4.98 Å². The zero-order chi connectivity index (χ0) is 15.1. The third-order valence-electron chi connectivity index (χ3n) is 3.42. The minimum Gasteiger partial charge on any atom is -0.394 e. The van der Waals surface area contributed by atoms with Crippen molar-refractivity contribution in [2.45, 2.75) is 31.0 Å². The molecule has 3 unspecified atom stereocenters. The Kier molecular flexibility index (Phi) is 3.78. The predicted molar refractivity (Wildman–Crippen MR) is 65.6 cm³/mol. The first-order valence-electron chi connectivity index (χ1n) is 5.93. The molecule has 0 spiro atoms.